The molecule has 0 amide bonds. The Morgan fingerprint density at radius 3 is 2.42 bits per heavy atom. The Hall–Kier alpha value is -2.20. The van der Waals surface area contributed by atoms with Crippen LogP contribution in [0.25, 0.3) is 11.3 Å². The minimum absolute atomic E-state index is 0.273. The van der Waals surface area contributed by atoms with E-state index in [2.05, 4.69) is 39.2 Å². The molecule has 4 rings (SSSR count). The number of para-hydroxylation sites is 1. The predicted octanol–water partition coefficient (Wildman–Crippen LogP) is 5.70. The normalized spacial score (nSPS) is 16.0. The van der Waals surface area contributed by atoms with Gasteiger partial charge in [-0.05, 0) is 30.5 Å². The molecule has 1 fully saturated rings. The summed E-state index contributed by atoms with van der Waals surface area (Å²) in [5.41, 5.74) is 2.78. The van der Waals surface area contributed by atoms with Gasteiger partial charge in [0.1, 0.15) is 11.5 Å². The standard InChI is InChI=1S/C20H19FN2S/c21-17-12-6-7-13-18(17)22-20-23(16-10-4-5-11-16)19(14-24-20)15-8-2-1-3-9-15/h1-3,6-9,12-14,16H,4-5,10-11H2. The SMILES string of the molecule is Fc1ccccc1N=c1scc(-c2ccccc2)n1C1CCCC1. The van der Waals surface area contributed by atoms with Crippen LogP contribution in [0.4, 0.5) is 10.1 Å². The number of thiazole rings is 1. The molecule has 0 bridgehead atoms. The Balaban J connectivity index is 1.89. The molecule has 0 radical (unpaired) electrons. The Morgan fingerprint density at radius 1 is 0.958 bits per heavy atom. The number of nitrogens with zero attached hydrogens (tertiary/aromatic N) is 2. The summed E-state index contributed by atoms with van der Waals surface area (Å²) in [5.74, 6) is -0.273. The maximum Gasteiger partial charge on any atom is 0.190 e. The molecule has 0 unspecified atom stereocenters. The van der Waals surface area contributed by atoms with Crippen molar-refractivity contribution in [3.8, 4) is 11.3 Å². The average molecular weight is 338 g/mol. The van der Waals surface area contributed by atoms with Crippen LogP contribution in [0.2, 0.25) is 0 Å². The van der Waals surface area contributed by atoms with Gasteiger partial charge in [-0.25, -0.2) is 9.38 Å². The van der Waals surface area contributed by atoms with E-state index in [0.717, 1.165) is 4.80 Å². The number of halogens is 1. The van der Waals surface area contributed by atoms with Crippen LogP contribution in [0, 0.1) is 5.82 Å². The fourth-order valence-electron chi connectivity index (χ4n) is 3.38. The first-order chi connectivity index (χ1) is 11.8. The van der Waals surface area contributed by atoms with Crippen molar-refractivity contribution in [2.24, 2.45) is 4.99 Å². The van der Waals surface area contributed by atoms with Crippen LogP contribution >= 0.6 is 11.3 Å². The van der Waals surface area contributed by atoms with Crippen LogP contribution in [0.15, 0.2) is 65.0 Å². The Labute approximate surface area is 144 Å². The zero-order valence-corrected chi connectivity index (χ0v) is 14.2. The van der Waals surface area contributed by atoms with Crippen molar-refractivity contribution in [1.29, 1.82) is 0 Å². The van der Waals surface area contributed by atoms with E-state index in [1.54, 1.807) is 23.5 Å². The van der Waals surface area contributed by atoms with Gasteiger partial charge in [0.2, 0.25) is 0 Å². The van der Waals surface area contributed by atoms with Crippen LogP contribution < -0.4 is 4.80 Å². The molecular weight excluding hydrogens is 319 g/mol. The van der Waals surface area contributed by atoms with Crippen molar-refractivity contribution >= 4 is 17.0 Å². The van der Waals surface area contributed by atoms with Crippen LogP contribution in [0.3, 0.4) is 0 Å². The topological polar surface area (TPSA) is 17.3 Å². The van der Waals surface area contributed by atoms with Crippen molar-refractivity contribution in [2.75, 3.05) is 0 Å². The first-order valence-corrected chi connectivity index (χ1v) is 9.25. The van der Waals surface area contributed by atoms with Gasteiger partial charge < -0.3 is 4.57 Å². The molecule has 0 saturated heterocycles. The lowest BCUT2D eigenvalue weighted by molar-refractivity contribution is 0.511. The molecule has 1 aromatic heterocycles. The van der Waals surface area contributed by atoms with E-state index < -0.39 is 0 Å². The Bertz CT molecular complexity index is 889. The minimum Gasteiger partial charge on any atom is -0.313 e. The molecule has 0 spiro atoms. The highest BCUT2D eigenvalue weighted by atomic mass is 32.1. The van der Waals surface area contributed by atoms with E-state index >= 15 is 0 Å². The summed E-state index contributed by atoms with van der Waals surface area (Å²) in [5, 5.41) is 2.15. The lowest BCUT2D eigenvalue weighted by Crippen LogP contribution is -2.20. The summed E-state index contributed by atoms with van der Waals surface area (Å²) in [6.07, 6.45) is 4.84. The van der Waals surface area contributed by atoms with Gasteiger partial charge >= 0.3 is 0 Å². The summed E-state index contributed by atoms with van der Waals surface area (Å²) < 4.78 is 16.3. The number of benzene rings is 2. The molecule has 0 atom stereocenters. The third kappa shape index (κ3) is 2.94. The van der Waals surface area contributed by atoms with Crippen LogP contribution in [0.1, 0.15) is 31.7 Å². The van der Waals surface area contributed by atoms with Crippen LogP contribution in [0.5, 0.6) is 0 Å². The van der Waals surface area contributed by atoms with Crippen molar-refractivity contribution < 1.29 is 4.39 Å². The molecular formula is C20H19FN2S. The largest absolute Gasteiger partial charge is 0.313 e. The maximum absolute atomic E-state index is 14.0. The van der Waals surface area contributed by atoms with Crippen LogP contribution in [-0.4, -0.2) is 4.57 Å². The van der Waals surface area contributed by atoms with Gasteiger partial charge in [-0.3, -0.25) is 0 Å². The number of aromatic nitrogens is 1. The second-order valence-electron chi connectivity index (χ2n) is 6.14. The van der Waals surface area contributed by atoms with Crippen molar-refractivity contribution in [3.05, 3.63) is 70.6 Å². The minimum atomic E-state index is -0.273. The number of hydrogen-bond donors (Lipinski definition) is 0. The molecule has 2 nitrogen and oxygen atoms in total. The average Bonchev–Trinajstić information content (AvgIpc) is 3.27. The highest BCUT2D eigenvalue weighted by Crippen LogP contribution is 2.33. The van der Waals surface area contributed by atoms with Crippen LogP contribution in [-0.2, 0) is 0 Å². The summed E-state index contributed by atoms with van der Waals surface area (Å²) >= 11 is 1.59. The van der Waals surface area contributed by atoms with Gasteiger partial charge in [0, 0.05) is 11.4 Å². The summed E-state index contributed by atoms with van der Waals surface area (Å²) in [6, 6.07) is 17.6. The van der Waals surface area contributed by atoms with Gasteiger partial charge in [-0.15, -0.1) is 11.3 Å². The summed E-state index contributed by atoms with van der Waals surface area (Å²) in [4.78, 5) is 5.52. The zero-order valence-electron chi connectivity index (χ0n) is 13.4. The molecule has 4 heteroatoms. The lowest BCUT2D eigenvalue weighted by Gasteiger charge is -2.16. The Kier molecular flexibility index (Phi) is 4.30. The van der Waals surface area contributed by atoms with E-state index in [4.69, 9.17) is 0 Å². The Morgan fingerprint density at radius 2 is 1.67 bits per heavy atom. The lowest BCUT2D eigenvalue weighted by atomic mass is 10.1. The van der Waals surface area contributed by atoms with E-state index in [0.29, 0.717) is 11.7 Å². The first-order valence-electron chi connectivity index (χ1n) is 8.37. The molecule has 2 aromatic carbocycles. The second-order valence-corrected chi connectivity index (χ2v) is 6.98. The third-order valence-electron chi connectivity index (χ3n) is 4.57. The van der Waals surface area contributed by atoms with Gasteiger partial charge in [0.25, 0.3) is 0 Å². The van der Waals surface area contributed by atoms with Crippen molar-refractivity contribution in [1.82, 2.24) is 4.57 Å². The molecule has 122 valence electrons. The van der Waals surface area contributed by atoms with E-state index in [1.165, 1.54) is 43.0 Å². The monoisotopic (exact) mass is 338 g/mol. The highest BCUT2D eigenvalue weighted by Gasteiger charge is 2.21. The predicted molar refractivity (Wildman–Crippen MR) is 96.9 cm³/mol. The molecule has 1 saturated carbocycles. The number of rotatable bonds is 3. The third-order valence-corrected chi connectivity index (χ3v) is 5.41. The summed E-state index contributed by atoms with van der Waals surface area (Å²) in [6.45, 7) is 0. The van der Waals surface area contributed by atoms with Gasteiger partial charge in [0.15, 0.2) is 4.80 Å². The molecule has 24 heavy (non-hydrogen) atoms. The highest BCUT2D eigenvalue weighted by molar-refractivity contribution is 7.07. The fraction of sp³-hybridized carbons (Fsp3) is 0.250. The van der Waals surface area contributed by atoms with E-state index in [-0.39, 0.29) is 5.82 Å². The zero-order chi connectivity index (χ0) is 16.4. The summed E-state index contributed by atoms with van der Waals surface area (Å²) in [7, 11) is 0. The number of hydrogen-bond acceptors (Lipinski definition) is 2. The molecule has 1 aliphatic rings. The molecule has 1 aliphatic carbocycles. The van der Waals surface area contributed by atoms with E-state index in [1.807, 2.05) is 12.1 Å². The smallest absolute Gasteiger partial charge is 0.190 e. The first kappa shape index (κ1) is 15.3. The molecule has 0 aliphatic heterocycles. The fourth-order valence-corrected chi connectivity index (χ4v) is 4.36. The maximum atomic E-state index is 14.0. The molecule has 3 aromatic rings. The second kappa shape index (κ2) is 6.73. The molecule has 0 N–H and O–H groups in total. The quantitative estimate of drug-likeness (QED) is 0.582. The van der Waals surface area contributed by atoms with Gasteiger partial charge in [0.05, 0.1) is 5.69 Å². The molecule has 1 heterocycles. The van der Waals surface area contributed by atoms with Crippen molar-refractivity contribution in [3.63, 3.8) is 0 Å². The van der Waals surface area contributed by atoms with Crippen molar-refractivity contribution in [2.45, 2.75) is 31.7 Å². The van der Waals surface area contributed by atoms with Gasteiger partial charge in [-0.2, -0.15) is 0 Å². The van der Waals surface area contributed by atoms with Gasteiger partial charge in [-0.1, -0.05) is 55.3 Å². The van der Waals surface area contributed by atoms with E-state index in [9.17, 15) is 4.39 Å².